The van der Waals surface area contributed by atoms with E-state index >= 15 is 0 Å². The number of aliphatic carboxylic acids is 1. The highest BCUT2D eigenvalue weighted by Gasteiger charge is 2.27. The summed E-state index contributed by atoms with van der Waals surface area (Å²) in [7, 11) is 0. The zero-order chi connectivity index (χ0) is 12.8. The molecule has 1 saturated heterocycles. The van der Waals surface area contributed by atoms with Gasteiger partial charge in [0.25, 0.3) is 0 Å². The summed E-state index contributed by atoms with van der Waals surface area (Å²) in [4.78, 5) is 24.2. The topological polar surface area (TPSA) is 57.6 Å². The lowest BCUT2D eigenvalue weighted by atomic mass is 9.84. The van der Waals surface area contributed by atoms with Gasteiger partial charge in [-0.1, -0.05) is 13.0 Å². The number of carboxylic acids is 1. The zero-order valence-electron chi connectivity index (χ0n) is 10.6. The molecular formula is C13H21NO3. The van der Waals surface area contributed by atoms with Crippen LogP contribution in [0.5, 0.6) is 0 Å². The van der Waals surface area contributed by atoms with Crippen LogP contribution in [-0.4, -0.2) is 35.0 Å². The van der Waals surface area contributed by atoms with Crippen LogP contribution in [-0.2, 0) is 9.59 Å². The first-order chi connectivity index (χ1) is 8.04. The van der Waals surface area contributed by atoms with E-state index in [2.05, 4.69) is 0 Å². The van der Waals surface area contributed by atoms with Gasteiger partial charge in [-0.3, -0.25) is 9.59 Å². The van der Waals surface area contributed by atoms with Crippen LogP contribution in [0.2, 0.25) is 0 Å². The summed E-state index contributed by atoms with van der Waals surface area (Å²) in [5.41, 5.74) is 0. The van der Waals surface area contributed by atoms with E-state index in [0.29, 0.717) is 12.5 Å². The van der Waals surface area contributed by atoms with Crippen LogP contribution in [0.4, 0.5) is 0 Å². The first-order valence-corrected chi connectivity index (χ1v) is 6.18. The zero-order valence-corrected chi connectivity index (χ0v) is 10.6. The molecule has 4 heteroatoms. The summed E-state index contributed by atoms with van der Waals surface area (Å²) in [6.45, 7) is 5.27. The van der Waals surface area contributed by atoms with Crippen molar-refractivity contribution in [1.82, 2.24) is 4.90 Å². The Morgan fingerprint density at radius 1 is 1.53 bits per heavy atom. The van der Waals surface area contributed by atoms with Crippen LogP contribution in [0.3, 0.4) is 0 Å². The number of carbonyl (C=O) groups excluding carboxylic acids is 1. The maximum atomic E-state index is 11.7. The van der Waals surface area contributed by atoms with Crippen molar-refractivity contribution in [3.8, 4) is 0 Å². The Morgan fingerprint density at radius 2 is 2.24 bits per heavy atom. The third-order valence-electron chi connectivity index (χ3n) is 3.38. The summed E-state index contributed by atoms with van der Waals surface area (Å²) in [6.07, 6.45) is 5.50. The minimum atomic E-state index is -0.755. The van der Waals surface area contributed by atoms with E-state index < -0.39 is 5.97 Å². The molecule has 0 spiro atoms. The molecule has 1 aliphatic heterocycles. The fourth-order valence-electron chi connectivity index (χ4n) is 2.36. The molecule has 1 fully saturated rings. The molecule has 0 radical (unpaired) electrons. The molecule has 2 atom stereocenters. The second-order valence-corrected chi connectivity index (χ2v) is 4.76. The Morgan fingerprint density at radius 3 is 2.82 bits per heavy atom. The molecule has 0 saturated carbocycles. The smallest absolute Gasteiger partial charge is 0.303 e. The fraction of sp³-hybridized carbons (Fsp3) is 0.692. The van der Waals surface area contributed by atoms with Crippen molar-refractivity contribution in [1.29, 1.82) is 0 Å². The molecule has 0 bridgehead atoms. The standard InChI is InChI=1S/C13H21NO3/c1-3-5-12(15)14-7-4-6-11(9-14)10(2)8-13(16)17/h3,5,10-11H,4,6-9H2,1-2H3,(H,16,17)/b5-3+. The highest BCUT2D eigenvalue weighted by atomic mass is 16.4. The number of carbonyl (C=O) groups is 2. The average Bonchev–Trinajstić information content (AvgIpc) is 2.28. The Bertz CT molecular complexity index is 312. The molecule has 1 heterocycles. The number of hydrogen-bond donors (Lipinski definition) is 1. The summed E-state index contributed by atoms with van der Waals surface area (Å²) in [6, 6.07) is 0. The van der Waals surface area contributed by atoms with Gasteiger partial charge in [-0.2, -0.15) is 0 Å². The van der Waals surface area contributed by atoms with Gasteiger partial charge in [0, 0.05) is 19.5 Å². The van der Waals surface area contributed by atoms with E-state index in [1.165, 1.54) is 0 Å². The van der Waals surface area contributed by atoms with Crippen LogP contribution in [0.1, 0.15) is 33.1 Å². The summed E-state index contributed by atoms with van der Waals surface area (Å²) in [5.74, 6) is -0.267. The lowest BCUT2D eigenvalue weighted by Crippen LogP contribution is -2.41. The number of carboxylic acid groups (broad SMARTS) is 1. The summed E-state index contributed by atoms with van der Waals surface area (Å²) < 4.78 is 0. The molecule has 1 N–H and O–H groups in total. The number of likely N-dealkylation sites (tertiary alicyclic amines) is 1. The van der Waals surface area contributed by atoms with Crippen molar-refractivity contribution < 1.29 is 14.7 Å². The highest BCUT2D eigenvalue weighted by molar-refractivity contribution is 5.87. The number of amides is 1. The number of piperidine rings is 1. The normalized spacial score (nSPS) is 22.7. The molecule has 0 aromatic heterocycles. The third-order valence-corrected chi connectivity index (χ3v) is 3.38. The molecule has 0 aromatic rings. The number of rotatable bonds is 4. The molecule has 1 amide bonds. The van der Waals surface area contributed by atoms with Gasteiger partial charge in [-0.15, -0.1) is 0 Å². The largest absolute Gasteiger partial charge is 0.481 e. The lowest BCUT2D eigenvalue weighted by Gasteiger charge is -2.35. The Labute approximate surface area is 102 Å². The monoisotopic (exact) mass is 239 g/mol. The van der Waals surface area contributed by atoms with E-state index in [4.69, 9.17) is 5.11 Å². The number of allylic oxidation sites excluding steroid dienone is 1. The van der Waals surface area contributed by atoms with Gasteiger partial charge in [0.1, 0.15) is 0 Å². The third kappa shape index (κ3) is 4.21. The quantitative estimate of drug-likeness (QED) is 0.762. The molecule has 1 rings (SSSR count). The predicted molar refractivity (Wildman–Crippen MR) is 65.5 cm³/mol. The Hall–Kier alpha value is -1.32. The second-order valence-electron chi connectivity index (χ2n) is 4.76. The van der Waals surface area contributed by atoms with Gasteiger partial charge in [0.05, 0.1) is 0 Å². The van der Waals surface area contributed by atoms with Crippen LogP contribution in [0.15, 0.2) is 12.2 Å². The van der Waals surface area contributed by atoms with Crippen molar-refractivity contribution in [2.75, 3.05) is 13.1 Å². The molecule has 2 unspecified atom stereocenters. The Balaban J connectivity index is 2.54. The van der Waals surface area contributed by atoms with Crippen molar-refractivity contribution in [2.24, 2.45) is 11.8 Å². The molecule has 1 aliphatic rings. The fourth-order valence-corrected chi connectivity index (χ4v) is 2.36. The predicted octanol–water partition coefficient (Wildman–Crippen LogP) is 1.91. The molecule has 0 aromatic carbocycles. The van der Waals surface area contributed by atoms with E-state index in [-0.39, 0.29) is 18.2 Å². The molecule has 0 aliphatic carbocycles. The molecular weight excluding hydrogens is 218 g/mol. The second kappa shape index (κ2) is 6.42. The SMILES string of the molecule is C/C=C/C(=O)N1CCCC(C(C)CC(=O)O)C1. The molecule has 96 valence electrons. The molecule has 17 heavy (non-hydrogen) atoms. The minimum absolute atomic E-state index is 0.0414. The van der Waals surface area contributed by atoms with Crippen molar-refractivity contribution in [3.05, 3.63) is 12.2 Å². The van der Waals surface area contributed by atoms with E-state index in [1.54, 1.807) is 12.2 Å². The van der Waals surface area contributed by atoms with Gasteiger partial charge in [0.2, 0.25) is 5.91 Å². The van der Waals surface area contributed by atoms with Crippen LogP contribution in [0.25, 0.3) is 0 Å². The molecule has 4 nitrogen and oxygen atoms in total. The lowest BCUT2D eigenvalue weighted by molar-refractivity contribution is -0.138. The minimum Gasteiger partial charge on any atom is -0.481 e. The highest BCUT2D eigenvalue weighted by Crippen LogP contribution is 2.26. The van der Waals surface area contributed by atoms with Crippen molar-refractivity contribution in [3.63, 3.8) is 0 Å². The van der Waals surface area contributed by atoms with Gasteiger partial charge in [0.15, 0.2) is 0 Å². The van der Waals surface area contributed by atoms with Gasteiger partial charge < -0.3 is 10.0 Å². The summed E-state index contributed by atoms with van der Waals surface area (Å²) >= 11 is 0. The van der Waals surface area contributed by atoms with E-state index in [0.717, 1.165) is 19.4 Å². The van der Waals surface area contributed by atoms with Gasteiger partial charge in [-0.05, 0) is 37.7 Å². The maximum absolute atomic E-state index is 11.7. The van der Waals surface area contributed by atoms with Crippen molar-refractivity contribution >= 4 is 11.9 Å². The van der Waals surface area contributed by atoms with E-state index in [9.17, 15) is 9.59 Å². The number of hydrogen-bond acceptors (Lipinski definition) is 2. The van der Waals surface area contributed by atoms with Crippen LogP contribution < -0.4 is 0 Å². The van der Waals surface area contributed by atoms with Gasteiger partial charge >= 0.3 is 5.97 Å². The number of nitrogens with zero attached hydrogens (tertiary/aromatic N) is 1. The summed E-state index contributed by atoms with van der Waals surface area (Å²) in [5, 5.41) is 8.78. The van der Waals surface area contributed by atoms with Crippen LogP contribution in [0, 0.1) is 11.8 Å². The van der Waals surface area contributed by atoms with Crippen LogP contribution >= 0.6 is 0 Å². The van der Waals surface area contributed by atoms with E-state index in [1.807, 2.05) is 18.7 Å². The first kappa shape index (κ1) is 13.7. The maximum Gasteiger partial charge on any atom is 0.303 e. The first-order valence-electron chi connectivity index (χ1n) is 6.18. The Kier molecular flexibility index (Phi) is 5.19. The van der Waals surface area contributed by atoms with Crippen molar-refractivity contribution in [2.45, 2.75) is 33.1 Å². The average molecular weight is 239 g/mol. The van der Waals surface area contributed by atoms with Gasteiger partial charge in [-0.25, -0.2) is 0 Å².